The number of unbranched alkanes of at least 4 members (excludes halogenated alkanes) is 2. The number of amides is 1. The van der Waals surface area contributed by atoms with Crippen molar-refractivity contribution in [2.24, 2.45) is 0 Å². The number of aromatic nitrogens is 2. The number of rotatable bonds is 6. The first-order chi connectivity index (χ1) is 9.70. The minimum Gasteiger partial charge on any atom is -0.351 e. The van der Waals surface area contributed by atoms with Crippen LogP contribution in [0.2, 0.25) is 0 Å². The second-order valence-electron chi connectivity index (χ2n) is 4.43. The molecule has 106 valence electrons. The highest BCUT2D eigenvalue weighted by Crippen LogP contribution is 2.21. The van der Waals surface area contributed by atoms with Gasteiger partial charge < -0.3 is 10.3 Å². The van der Waals surface area contributed by atoms with E-state index in [1.54, 1.807) is 6.07 Å². The maximum absolute atomic E-state index is 12.0. The largest absolute Gasteiger partial charge is 0.351 e. The van der Waals surface area contributed by atoms with Gasteiger partial charge in [0.05, 0.1) is 10.6 Å². The summed E-state index contributed by atoms with van der Waals surface area (Å²) in [5.41, 5.74) is 0.280. The quantitative estimate of drug-likeness (QED) is 0.803. The van der Waals surface area contributed by atoms with Gasteiger partial charge in [0.15, 0.2) is 0 Å². The van der Waals surface area contributed by atoms with Gasteiger partial charge in [-0.2, -0.15) is 4.98 Å². The number of nitrogens with one attached hydrogen (secondary N) is 2. The lowest BCUT2D eigenvalue weighted by molar-refractivity contribution is 0.0947. The summed E-state index contributed by atoms with van der Waals surface area (Å²) in [4.78, 5) is 30.8. The van der Waals surface area contributed by atoms with Gasteiger partial charge in [-0.05, 0) is 23.9 Å². The van der Waals surface area contributed by atoms with Gasteiger partial charge in [0.2, 0.25) is 0 Å². The lowest BCUT2D eigenvalue weighted by Gasteiger charge is -2.05. The van der Waals surface area contributed by atoms with Crippen molar-refractivity contribution >= 4 is 17.2 Å². The molecule has 0 radical (unpaired) electrons. The molecule has 0 spiro atoms. The molecule has 2 aromatic rings. The fourth-order valence-electron chi connectivity index (χ4n) is 1.81. The van der Waals surface area contributed by atoms with Crippen LogP contribution in [0, 0.1) is 0 Å². The van der Waals surface area contributed by atoms with Crippen LogP contribution in [0.25, 0.3) is 10.6 Å². The number of thiophene rings is 1. The molecule has 1 amide bonds. The summed E-state index contributed by atoms with van der Waals surface area (Å²) in [6.07, 6.45) is 3.11. The van der Waals surface area contributed by atoms with Crippen LogP contribution >= 0.6 is 11.3 Å². The number of carbonyl (C=O) groups is 1. The van der Waals surface area contributed by atoms with E-state index in [1.807, 2.05) is 17.5 Å². The van der Waals surface area contributed by atoms with E-state index < -0.39 is 5.69 Å². The van der Waals surface area contributed by atoms with Gasteiger partial charge in [-0.3, -0.25) is 4.79 Å². The molecule has 0 saturated heterocycles. The van der Waals surface area contributed by atoms with Crippen LogP contribution in [0.4, 0.5) is 0 Å². The first-order valence-electron chi connectivity index (χ1n) is 6.64. The molecule has 0 aliphatic rings. The first-order valence-corrected chi connectivity index (χ1v) is 7.52. The zero-order chi connectivity index (χ0) is 14.4. The summed E-state index contributed by atoms with van der Waals surface area (Å²) in [7, 11) is 0. The third-order valence-corrected chi connectivity index (χ3v) is 3.73. The lowest BCUT2D eigenvalue weighted by Crippen LogP contribution is -2.28. The highest BCUT2D eigenvalue weighted by Gasteiger charge is 2.10. The smallest absolute Gasteiger partial charge is 0.346 e. The van der Waals surface area contributed by atoms with E-state index >= 15 is 0 Å². The SMILES string of the molecule is CCCCCNC(=O)c1cc(-c2cccs2)[nH]c(=O)n1. The minimum absolute atomic E-state index is 0.161. The molecular formula is C14H17N3O2S. The van der Waals surface area contributed by atoms with Crippen molar-refractivity contribution in [1.82, 2.24) is 15.3 Å². The molecule has 0 aliphatic carbocycles. The van der Waals surface area contributed by atoms with E-state index in [4.69, 9.17) is 0 Å². The summed E-state index contributed by atoms with van der Waals surface area (Å²) >= 11 is 1.50. The first kappa shape index (κ1) is 14.5. The number of hydrogen-bond acceptors (Lipinski definition) is 4. The fraction of sp³-hybridized carbons (Fsp3) is 0.357. The van der Waals surface area contributed by atoms with Crippen LogP contribution in [-0.2, 0) is 0 Å². The summed E-state index contributed by atoms with van der Waals surface area (Å²) in [5, 5.41) is 4.70. The topological polar surface area (TPSA) is 74.8 Å². The Kier molecular flexibility index (Phi) is 5.06. The molecule has 20 heavy (non-hydrogen) atoms. The Morgan fingerprint density at radius 3 is 3.00 bits per heavy atom. The number of carbonyl (C=O) groups excluding carboxylic acids is 1. The summed E-state index contributed by atoms with van der Waals surface area (Å²) in [6, 6.07) is 5.39. The molecule has 0 atom stereocenters. The Morgan fingerprint density at radius 1 is 1.45 bits per heavy atom. The van der Waals surface area contributed by atoms with Crippen LogP contribution < -0.4 is 11.0 Å². The Morgan fingerprint density at radius 2 is 2.30 bits per heavy atom. The van der Waals surface area contributed by atoms with Gasteiger partial charge in [0.25, 0.3) is 5.91 Å². The van der Waals surface area contributed by atoms with Gasteiger partial charge in [0.1, 0.15) is 5.69 Å². The molecule has 2 aromatic heterocycles. The third kappa shape index (κ3) is 3.77. The van der Waals surface area contributed by atoms with Crippen molar-refractivity contribution in [3.63, 3.8) is 0 Å². The average Bonchev–Trinajstić information content (AvgIpc) is 2.97. The predicted molar refractivity (Wildman–Crippen MR) is 80.0 cm³/mol. The van der Waals surface area contributed by atoms with E-state index in [0.717, 1.165) is 24.1 Å². The standard InChI is InChI=1S/C14H17N3O2S/c1-2-3-4-7-15-13(18)11-9-10(16-14(19)17-11)12-6-5-8-20-12/h5-6,8-9H,2-4,7H2,1H3,(H,15,18)(H,16,17,19). The Labute approximate surface area is 121 Å². The fourth-order valence-corrected chi connectivity index (χ4v) is 2.50. The second-order valence-corrected chi connectivity index (χ2v) is 5.37. The van der Waals surface area contributed by atoms with Crippen LogP contribution in [0.1, 0.15) is 36.7 Å². The second kappa shape index (κ2) is 7.00. The zero-order valence-corrected chi connectivity index (χ0v) is 12.1. The maximum Gasteiger partial charge on any atom is 0.346 e. The molecule has 0 unspecified atom stereocenters. The summed E-state index contributed by atoms with van der Waals surface area (Å²) < 4.78 is 0. The van der Waals surface area contributed by atoms with Crippen molar-refractivity contribution in [3.8, 4) is 10.6 Å². The van der Waals surface area contributed by atoms with E-state index in [9.17, 15) is 9.59 Å². The number of nitrogens with zero attached hydrogens (tertiary/aromatic N) is 1. The normalized spacial score (nSPS) is 10.4. The molecule has 0 aliphatic heterocycles. The van der Waals surface area contributed by atoms with Crippen molar-refractivity contribution in [2.75, 3.05) is 6.54 Å². The molecular weight excluding hydrogens is 274 g/mol. The van der Waals surface area contributed by atoms with E-state index in [2.05, 4.69) is 22.2 Å². The molecule has 0 bridgehead atoms. The Bertz CT molecular complexity index is 620. The molecule has 2 rings (SSSR count). The van der Waals surface area contributed by atoms with Crippen molar-refractivity contribution in [3.05, 3.63) is 39.8 Å². The van der Waals surface area contributed by atoms with Crippen molar-refractivity contribution in [1.29, 1.82) is 0 Å². The number of H-pyrrole nitrogens is 1. The van der Waals surface area contributed by atoms with Crippen LogP contribution in [0.15, 0.2) is 28.4 Å². The van der Waals surface area contributed by atoms with E-state index in [1.165, 1.54) is 11.3 Å². The molecule has 0 fully saturated rings. The highest BCUT2D eigenvalue weighted by atomic mass is 32.1. The predicted octanol–water partition coefficient (Wildman–Crippen LogP) is 2.42. The number of aromatic amines is 1. The van der Waals surface area contributed by atoms with Crippen molar-refractivity contribution < 1.29 is 4.79 Å². The van der Waals surface area contributed by atoms with E-state index in [0.29, 0.717) is 12.2 Å². The van der Waals surface area contributed by atoms with Gasteiger partial charge >= 0.3 is 5.69 Å². The van der Waals surface area contributed by atoms with E-state index in [-0.39, 0.29) is 11.6 Å². The van der Waals surface area contributed by atoms with Crippen LogP contribution in [-0.4, -0.2) is 22.4 Å². The molecule has 0 saturated carbocycles. The van der Waals surface area contributed by atoms with Gasteiger partial charge in [-0.1, -0.05) is 25.8 Å². The highest BCUT2D eigenvalue weighted by molar-refractivity contribution is 7.13. The summed E-state index contributed by atoms with van der Waals surface area (Å²) in [5.74, 6) is -0.301. The van der Waals surface area contributed by atoms with Gasteiger partial charge in [-0.25, -0.2) is 4.79 Å². The summed E-state index contributed by atoms with van der Waals surface area (Å²) in [6.45, 7) is 2.71. The molecule has 5 nitrogen and oxygen atoms in total. The molecule has 0 aromatic carbocycles. The van der Waals surface area contributed by atoms with Gasteiger partial charge in [0, 0.05) is 6.54 Å². The zero-order valence-electron chi connectivity index (χ0n) is 11.3. The van der Waals surface area contributed by atoms with Crippen LogP contribution in [0.3, 0.4) is 0 Å². The molecule has 2 heterocycles. The maximum atomic E-state index is 12.0. The Balaban J connectivity index is 2.12. The third-order valence-electron chi connectivity index (χ3n) is 2.83. The average molecular weight is 291 g/mol. The molecule has 6 heteroatoms. The number of hydrogen-bond donors (Lipinski definition) is 2. The minimum atomic E-state index is -0.505. The lowest BCUT2D eigenvalue weighted by atomic mass is 10.2. The van der Waals surface area contributed by atoms with Crippen molar-refractivity contribution in [2.45, 2.75) is 26.2 Å². The van der Waals surface area contributed by atoms with Gasteiger partial charge in [-0.15, -0.1) is 11.3 Å². The Hall–Kier alpha value is -1.95. The monoisotopic (exact) mass is 291 g/mol. The molecule has 2 N–H and O–H groups in total. The van der Waals surface area contributed by atoms with Crippen LogP contribution in [0.5, 0.6) is 0 Å².